The van der Waals surface area contributed by atoms with Gasteiger partial charge < -0.3 is 14.6 Å². The molecule has 1 aromatic heterocycles. The maximum absolute atomic E-state index is 12.6. The van der Waals surface area contributed by atoms with Gasteiger partial charge in [-0.2, -0.15) is 0 Å². The first-order chi connectivity index (χ1) is 12.5. The van der Waals surface area contributed by atoms with Crippen molar-refractivity contribution < 1.29 is 14.1 Å². The Morgan fingerprint density at radius 3 is 2.54 bits per heavy atom. The number of hydrogen-bond acceptors (Lipinski definition) is 4. The molecule has 0 radical (unpaired) electrons. The van der Waals surface area contributed by atoms with Gasteiger partial charge in [-0.25, -0.2) is 0 Å². The van der Waals surface area contributed by atoms with E-state index in [-0.39, 0.29) is 18.2 Å². The Balaban J connectivity index is 1.79. The third-order valence-corrected chi connectivity index (χ3v) is 4.29. The summed E-state index contributed by atoms with van der Waals surface area (Å²) < 4.78 is 11.2. The molecule has 0 aliphatic rings. The molecule has 0 bridgehead atoms. The van der Waals surface area contributed by atoms with Crippen molar-refractivity contribution in [2.45, 2.75) is 27.4 Å². The normalized spacial score (nSPS) is 10.6. The summed E-state index contributed by atoms with van der Waals surface area (Å²) in [5.41, 5.74) is 3.47. The average molecular weight is 371 g/mol. The van der Waals surface area contributed by atoms with Gasteiger partial charge in [0, 0.05) is 10.7 Å². The minimum atomic E-state index is -0.371. The van der Waals surface area contributed by atoms with E-state index in [1.54, 1.807) is 31.2 Å². The average Bonchev–Trinajstić information content (AvgIpc) is 2.95. The molecule has 0 saturated heterocycles. The molecule has 26 heavy (non-hydrogen) atoms. The number of nitrogens with zero attached hydrogens (tertiary/aromatic N) is 1. The Hall–Kier alpha value is -2.79. The van der Waals surface area contributed by atoms with Crippen molar-refractivity contribution in [3.63, 3.8) is 0 Å². The molecule has 0 aliphatic carbocycles. The van der Waals surface area contributed by atoms with E-state index in [1.807, 2.05) is 32.0 Å². The molecule has 0 unspecified atom stereocenters. The lowest BCUT2D eigenvalue weighted by Crippen LogP contribution is -2.15. The van der Waals surface area contributed by atoms with Crippen LogP contribution in [0, 0.1) is 20.8 Å². The van der Waals surface area contributed by atoms with Gasteiger partial charge in [-0.3, -0.25) is 4.79 Å². The van der Waals surface area contributed by atoms with Crippen molar-refractivity contribution in [2.24, 2.45) is 0 Å². The predicted octanol–water partition coefficient (Wildman–Crippen LogP) is 5.08. The summed E-state index contributed by atoms with van der Waals surface area (Å²) in [6, 6.07) is 12.9. The Bertz CT molecular complexity index is 930. The van der Waals surface area contributed by atoms with E-state index in [1.165, 1.54) is 0 Å². The van der Waals surface area contributed by atoms with E-state index in [9.17, 15) is 4.79 Å². The number of carbonyl (C=O) groups excluding carboxylic acids is 1. The van der Waals surface area contributed by atoms with E-state index in [0.717, 1.165) is 16.9 Å². The topological polar surface area (TPSA) is 64.4 Å². The van der Waals surface area contributed by atoms with Crippen molar-refractivity contribution in [2.75, 3.05) is 5.32 Å². The van der Waals surface area contributed by atoms with Crippen LogP contribution in [0.5, 0.6) is 5.75 Å². The fourth-order valence-electron chi connectivity index (χ4n) is 2.67. The highest BCUT2D eigenvalue weighted by Crippen LogP contribution is 2.25. The summed E-state index contributed by atoms with van der Waals surface area (Å²) in [6.07, 6.45) is 0. The number of aromatic nitrogens is 1. The van der Waals surface area contributed by atoms with Gasteiger partial charge in [-0.1, -0.05) is 41.0 Å². The first-order valence-corrected chi connectivity index (χ1v) is 8.54. The van der Waals surface area contributed by atoms with E-state index in [4.69, 9.17) is 20.9 Å². The fraction of sp³-hybridized carbons (Fsp3) is 0.200. The number of hydrogen-bond donors (Lipinski definition) is 1. The second kappa shape index (κ2) is 7.62. The molecule has 1 amide bonds. The first kappa shape index (κ1) is 18.0. The quantitative estimate of drug-likeness (QED) is 0.679. The van der Waals surface area contributed by atoms with Crippen molar-refractivity contribution in [1.29, 1.82) is 0 Å². The van der Waals surface area contributed by atoms with Gasteiger partial charge in [0.15, 0.2) is 5.69 Å². The zero-order valence-corrected chi connectivity index (χ0v) is 15.6. The molecule has 2 aromatic carbocycles. The summed E-state index contributed by atoms with van der Waals surface area (Å²) in [4.78, 5) is 12.6. The standard InChI is InChI=1S/C20H19ClN2O3/c1-12-6-4-7-13(2)19(12)25-11-17-14(3)26-23-18(17)20(24)22-16-9-5-8-15(21)10-16/h4-10H,11H2,1-3H3,(H,22,24). The summed E-state index contributed by atoms with van der Waals surface area (Å²) in [5, 5.41) is 7.20. The summed E-state index contributed by atoms with van der Waals surface area (Å²) in [5.74, 6) is 0.978. The lowest BCUT2D eigenvalue weighted by Gasteiger charge is -2.12. The molecule has 0 spiro atoms. The lowest BCUT2D eigenvalue weighted by atomic mass is 10.1. The lowest BCUT2D eigenvalue weighted by molar-refractivity contribution is 0.101. The number of halogens is 1. The van der Waals surface area contributed by atoms with Crippen LogP contribution in [-0.4, -0.2) is 11.1 Å². The predicted molar refractivity (Wildman–Crippen MR) is 101 cm³/mol. The highest BCUT2D eigenvalue weighted by atomic mass is 35.5. The monoisotopic (exact) mass is 370 g/mol. The van der Waals surface area contributed by atoms with Gasteiger partial charge >= 0.3 is 0 Å². The minimum Gasteiger partial charge on any atom is -0.488 e. The van der Waals surface area contributed by atoms with Crippen molar-refractivity contribution in [3.05, 3.63) is 75.6 Å². The Morgan fingerprint density at radius 1 is 1.15 bits per heavy atom. The van der Waals surface area contributed by atoms with Gasteiger partial charge in [-0.05, 0) is 50.1 Å². The van der Waals surface area contributed by atoms with E-state index in [0.29, 0.717) is 22.0 Å². The van der Waals surface area contributed by atoms with Crippen LogP contribution in [0.1, 0.15) is 32.9 Å². The molecular formula is C20H19ClN2O3. The highest BCUT2D eigenvalue weighted by Gasteiger charge is 2.21. The van der Waals surface area contributed by atoms with Crippen LogP contribution in [0.2, 0.25) is 5.02 Å². The third kappa shape index (κ3) is 3.89. The number of ether oxygens (including phenoxy) is 1. The third-order valence-electron chi connectivity index (χ3n) is 4.05. The number of para-hydroxylation sites is 1. The number of amides is 1. The molecule has 1 N–H and O–H groups in total. The largest absolute Gasteiger partial charge is 0.488 e. The maximum atomic E-state index is 12.6. The second-order valence-corrected chi connectivity index (χ2v) is 6.48. The smallest absolute Gasteiger partial charge is 0.278 e. The second-order valence-electron chi connectivity index (χ2n) is 6.04. The molecule has 1 heterocycles. The number of rotatable bonds is 5. The number of nitrogens with one attached hydrogen (secondary N) is 1. The summed E-state index contributed by atoms with van der Waals surface area (Å²) in [6.45, 7) is 5.91. The molecule has 3 aromatic rings. The van der Waals surface area contributed by atoms with Gasteiger partial charge in [0.2, 0.25) is 0 Å². The molecule has 0 atom stereocenters. The molecule has 134 valence electrons. The Morgan fingerprint density at radius 2 is 1.85 bits per heavy atom. The SMILES string of the molecule is Cc1cccc(C)c1OCc1c(C(=O)Nc2cccc(Cl)c2)noc1C. The molecule has 0 fully saturated rings. The first-order valence-electron chi connectivity index (χ1n) is 8.17. The zero-order chi connectivity index (χ0) is 18.7. The molecule has 0 aliphatic heterocycles. The molecule has 0 saturated carbocycles. The van der Waals surface area contributed by atoms with Crippen LogP contribution in [0.3, 0.4) is 0 Å². The Labute approximate surface area is 156 Å². The van der Waals surface area contributed by atoms with Crippen LogP contribution < -0.4 is 10.1 Å². The van der Waals surface area contributed by atoms with Crippen LogP contribution in [0.15, 0.2) is 47.0 Å². The minimum absolute atomic E-state index is 0.194. The van der Waals surface area contributed by atoms with Gasteiger partial charge in [0.05, 0.1) is 5.56 Å². The summed E-state index contributed by atoms with van der Waals surface area (Å²) >= 11 is 5.95. The highest BCUT2D eigenvalue weighted by molar-refractivity contribution is 6.30. The van der Waals surface area contributed by atoms with Crippen molar-refractivity contribution in [3.8, 4) is 5.75 Å². The van der Waals surface area contributed by atoms with E-state index < -0.39 is 0 Å². The maximum Gasteiger partial charge on any atom is 0.278 e. The number of carbonyl (C=O) groups is 1. The molecule has 6 heteroatoms. The van der Waals surface area contributed by atoms with Crippen molar-refractivity contribution >= 4 is 23.2 Å². The Kier molecular flexibility index (Phi) is 5.28. The number of benzene rings is 2. The fourth-order valence-corrected chi connectivity index (χ4v) is 2.86. The molecule has 3 rings (SSSR count). The van der Waals surface area contributed by atoms with Gasteiger partial charge in [0.25, 0.3) is 5.91 Å². The van der Waals surface area contributed by atoms with Crippen molar-refractivity contribution in [1.82, 2.24) is 5.16 Å². The van der Waals surface area contributed by atoms with E-state index in [2.05, 4.69) is 10.5 Å². The van der Waals surface area contributed by atoms with Gasteiger partial charge in [-0.15, -0.1) is 0 Å². The van der Waals surface area contributed by atoms with Crippen LogP contribution in [0.25, 0.3) is 0 Å². The van der Waals surface area contributed by atoms with Crippen LogP contribution in [-0.2, 0) is 6.61 Å². The zero-order valence-electron chi connectivity index (χ0n) is 14.8. The summed E-state index contributed by atoms with van der Waals surface area (Å²) in [7, 11) is 0. The number of aryl methyl sites for hydroxylation is 3. The van der Waals surface area contributed by atoms with Crippen LogP contribution >= 0.6 is 11.6 Å². The molecular weight excluding hydrogens is 352 g/mol. The van der Waals surface area contributed by atoms with Gasteiger partial charge in [0.1, 0.15) is 18.1 Å². The van der Waals surface area contributed by atoms with Crippen LogP contribution in [0.4, 0.5) is 5.69 Å². The number of anilines is 1. The molecule has 5 nitrogen and oxygen atoms in total. The van der Waals surface area contributed by atoms with E-state index >= 15 is 0 Å².